The molecule has 1 saturated carbocycles. The fraction of sp³-hybridized carbons (Fsp3) is 0.429. The highest BCUT2D eigenvalue weighted by Crippen LogP contribution is 2.40. The van der Waals surface area contributed by atoms with E-state index in [9.17, 15) is 0 Å². The molecule has 0 atom stereocenters. The van der Waals surface area contributed by atoms with Gasteiger partial charge in [-0.05, 0) is 18.4 Å². The van der Waals surface area contributed by atoms with Crippen LogP contribution in [0.4, 0.5) is 0 Å². The van der Waals surface area contributed by atoms with Crippen LogP contribution in [0.3, 0.4) is 0 Å². The van der Waals surface area contributed by atoms with Crippen LogP contribution in [0.2, 0.25) is 0 Å². The summed E-state index contributed by atoms with van der Waals surface area (Å²) in [5.74, 6) is 0. The molecule has 0 bridgehead atoms. The minimum absolute atomic E-state index is 0.277. The van der Waals surface area contributed by atoms with Crippen molar-refractivity contribution in [2.75, 3.05) is 0 Å². The zero-order valence-electron chi connectivity index (χ0n) is 8.71. The van der Waals surface area contributed by atoms with Gasteiger partial charge in [0.25, 0.3) is 0 Å². The predicted octanol–water partition coefficient (Wildman–Crippen LogP) is 4.07. The van der Waals surface area contributed by atoms with Crippen molar-refractivity contribution < 1.29 is 0 Å². The largest absolute Gasteiger partial charge is 0.102 e. The third kappa shape index (κ3) is 1.61. The first-order valence-electron chi connectivity index (χ1n) is 5.56. The highest BCUT2D eigenvalue weighted by molar-refractivity contribution is 5.30. The Kier molecular flexibility index (Phi) is 2.72. The molecule has 1 fully saturated rings. The van der Waals surface area contributed by atoms with Gasteiger partial charge in [-0.15, -0.1) is 6.58 Å². The molecular weight excluding hydrogens is 168 g/mol. The van der Waals surface area contributed by atoms with E-state index in [1.807, 2.05) is 0 Å². The Labute approximate surface area is 86.7 Å². The Morgan fingerprint density at radius 3 is 2.21 bits per heavy atom. The average molecular weight is 186 g/mol. The lowest BCUT2D eigenvalue weighted by Crippen LogP contribution is -2.26. The van der Waals surface area contributed by atoms with Crippen LogP contribution < -0.4 is 0 Å². The quantitative estimate of drug-likeness (QED) is 0.611. The maximum atomic E-state index is 4.03. The summed E-state index contributed by atoms with van der Waals surface area (Å²) >= 11 is 0. The average Bonchev–Trinajstić information content (AvgIpc) is 2.31. The topological polar surface area (TPSA) is 0 Å². The van der Waals surface area contributed by atoms with E-state index in [2.05, 4.69) is 43.0 Å². The highest BCUT2D eigenvalue weighted by Gasteiger charge is 2.30. The van der Waals surface area contributed by atoms with E-state index in [-0.39, 0.29) is 5.41 Å². The zero-order valence-corrected chi connectivity index (χ0v) is 8.71. The van der Waals surface area contributed by atoms with Crippen molar-refractivity contribution in [1.82, 2.24) is 0 Å². The van der Waals surface area contributed by atoms with Crippen LogP contribution in [0.1, 0.15) is 37.7 Å². The molecule has 1 aliphatic carbocycles. The first-order chi connectivity index (χ1) is 6.87. The summed E-state index contributed by atoms with van der Waals surface area (Å²) in [7, 11) is 0. The van der Waals surface area contributed by atoms with Crippen molar-refractivity contribution in [3.63, 3.8) is 0 Å². The SMILES string of the molecule is C=CC1(c2ccccc2)CCCCC1. The van der Waals surface area contributed by atoms with Gasteiger partial charge >= 0.3 is 0 Å². The molecule has 0 radical (unpaired) electrons. The maximum Gasteiger partial charge on any atom is 0.0129 e. The summed E-state index contributed by atoms with van der Waals surface area (Å²) in [6.45, 7) is 4.03. The fourth-order valence-electron chi connectivity index (χ4n) is 2.56. The second kappa shape index (κ2) is 4.00. The first-order valence-corrected chi connectivity index (χ1v) is 5.56. The van der Waals surface area contributed by atoms with Gasteiger partial charge in [-0.3, -0.25) is 0 Å². The predicted molar refractivity (Wildman–Crippen MR) is 61.4 cm³/mol. The summed E-state index contributed by atoms with van der Waals surface area (Å²) in [5, 5.41) is 0. The summed E-state index contributed by atoms with van der Waals surface area (Å²) in [5.41, 5.74) is 1.73. The van der Waals surface area contributed by atoms with Crippen molar-refractivity contribution >= 4 is 0 Å². The molecular formula is C14H18. The van der Waals surface area contributed by atoms with Crippen LogP contribution in [0, 0.1) is 0 Å². The van der Waals surface area contributed by atoms with Crippen molar-refractivity contribution in [2.45, 2.75) is 37.5 Å². The van der Waals surface area contributed by atoms with Crippen LogP contribution in [0.25, 0.3) is 0 Å². The van der Waals surface area contributed by atoms with Crippen LogP contribution in [0.5, 0.6) is 0 Å². The van der Waals surface area contributed by atoms with Gasteiger partial charge in [0, 0.05) is 5.41 Å². The van der Waals surface area contributed by atoms with E-state index in [4.69, 9.17) is 0 Å². The Bertz CT molecular complexity index is 291. The molecule has 0 nitrogen and oxygen atoms in total. The number of allylic oxidation sites excluding steroid dienone is 1. The summed E-state index contributed by atoms with van der Waals surface area (Å²) in [6.07, 6.45) is 8.81. The number of rotatable bonds is 2. The minimum atomic E-state index is 0.277. The Morgan fingerprint density at radius 2 is 1.64 bits per heavy atom. The lowest BCUT2D eigenvalue weighted by atomic mass is 9.70. The van der Waals surface area contributed by atoms with Gasteiger partial charge in [-0.2, -0.15) is 0 Å². The van der Waals surface area contributed by atoms with Crippen LogP contribution in [-0.2, 0) is 5.41 Å². The van der Waals surface area contributed by atoms with Crippen molar-refractivity contribution in [2.24, 2.45) is 0 Å². The number of hydrogen-bond donors (Lipinski definition) is 0. The van der Waals surface area contributed by atoms with Crippen molar-refractivity contribution in [3.05, 3.63) is 48.6 Å². The highest BCUT2D eigenvalue weighted by atomic mass is 14.3. The number of hydrogen-bond acceptors (Lipinski definition) is 0. The molecule has 14 heavy (non-hydrogen) atoms. The van der Waals surface area contributed by atoms with Crippen LogP contribution >= 0.6 is 0 Å². The normalized spacial score (nSPS) is 20.3. The van der Waals surface area contributed by atoms with Crippen LogP contribution in [0.15, 0.2) is 43.0 Å². The van der Waals surface area contributed by atoms with E-state index in [1.54, 1.807) is 0 Å². The molecule has 0 saturated heterocycles. The molecule has 2 rings (SSSR count). The second-order valence-corrected chi connectivity index (χ2v) is 4.29. The maximum absolute atomic E-state index is 4.03. The zero-order chi connectivity index (χ0) is 9.86. The molecule has 0 aliphatic heterocycles. The van der Waals surface area contributed by atoms with Gasteiger partial charge in [0.15, 0.2) is 0 Å². The molecule has 0 aromatic heterocycles. The Balaban J connectivity index is 2.32. The third-order valence-corrected chi connectivity index (χ3v) is 3.49. The molecule has 74 valence electrons. The molecule has 0 N–H and O–H groups in total. The summed E-state index contributed by atoms with van der Waals surface area (Å²) in [6, 6.07) is 10.8. The molecule has 0 heteroatoms. The van der Waals surface area contributed by atoms with Crippen molar-refractivity contribution in [3.8, 4) is 0 Å². The summed E-state index contributed by atoms with van der Waals surface area (Å²) < 4.78 is 0. The van der Waals surface area contributed by atoms with E-state index in [0.717, 1.165) is 0 Å². The van der Waals surface area contributed by atoms with E-state index in [1.165, 1.54) is 37.7 Å². The van der Waals surface area contributed by atoms with Gasteiger partial charge < -0.3 is 0 Å². The molecule has 0 amide bonds. The third-order valence-electron chi connectivity index (χ3n) is 3.49. The Morgan fingerprint density at radius 1 is 1.00 bits per heavy atom. The van der Waals surface area contributed by atoms with Crippen molar-refractivity contribution in [1.29, 1.82) is 0 Å². The molecule has 1 aliphatic rings. The van der Waals surface area contributed by atoms with Gasteiger partial charge in [0.2, 0.25) is 0 Å². The van der Waals surface area contributed by atoms with Gasteiger partial charge in [0.1, 0.15) is 0 Å². The fourth-order valence-corrected chi connectivity index (χ4v) is 2.56. The van der Waals surface area contributed by atoms with E-state index >= 15 is 0 Å². The smallest absolute Gasteiger partial charge is 0.0129 e. The minimum Gasteiger partial charge on any atom is -0.102 e. The first kappa shape index (κ1) is 9.51. The second-order valence-electron chi connectivity index (χ2n) is 4.29. The monoisotopic (exact) mass is 186 g/mol. The van der Waals surface area contributed by atoms with Crippen LogP contribution in [-0.4, -0.2) is 0 Å². The Hall–Kier alpha value is -1.04. The lowest BCUT2D eigenvalue weighted by Gasteiger charge is -2.35. The summed E-state index contributed by atoms with van der Waals surface area (Å²) in [4.78, 5) is 0. The van der Waals surface area contributed by atoms with Gasteiger partial charge in [0.05, 0.1) is 0 Å². The molecule has 1 aromatic rings. The lowest BCUT2D eigenvalue weighted by molar-refractivity contribution is 0.358. The van der Waals surface area contributed by atoms with E-state index < -0.39 is 0 Å². The molecule has 0 heterocycles. The molecule has 0 spiro atoms. The standard InChI is InChI=1S/C14H18/c1-2-14(11-7-4-8-12-14)13-9-5-3-6-10-13/h2-3,5-6,9-10H,1,4,7-8,11-12H2. The van der Waals surface area contributed by atoms with Gasteiger partial charge in [-0.1, -0.05) is 55.7 Å². The van der Waals surface area contributed by atoms with E-state index in [0.29, 0.717) is 0 Å². The number of benzene rings is 1. The van der Waals surface area contributed by atoms with Gasteiger partial charge in [-0.25, -0.2) is 0 Å². The molecule has 1 aromatic carbocycles. The molecule has 0 unspecified atom stereocenters.